The van der Waals surface area contributed by atoms with E-state index in [4.69, 9.17) is 5.26 Å². The quantitative estimate of drug-likeness (QED) is 0.313. The highest BCUT2D eigenvalue weighted by atomic mass is 19.4. The lowest BCUT2D eigenvalue weighted by molar-refractivity contribution is -0.435. The maximum Gasteiger partial charge on any atom is 0.416 e. The monoisotopic (exact) mass is 215 g/mol. The average molecular weight is 215 g/mol. The van der Waals surface area contributed by atoms with Crippen LogP contribution in [0.5, 0.6) is 0 Å². The summed E-state index contributed by atoms with van der Waals surface area (Å²) < 4.78 is 36.6. The van der Waals surface area contributed by atoms with Crippen LogP contribution in [0.2, 0.25) is 0 Å². The number of hydrogen-bond donors (Lipinski definition) is 0. The second-order valence-corrected chi connectivity index (χ2v) is 2.52. The highest BCUT2D eigenvalue weighted by molar-refractivity contribution is 5.35. The van der Waals surface area contributed by atoms with E-state index in [1.54, 1.807) is 0 Å². The fraction of sp³-hybridized carbons (Fsp3) is 0.125. The van der Waals surface area contributed by atoms with Crippen LogP contribution in [0.1, 0.15) is 5.56 Å². The van der Waals surface area contributed by atoms with Crippen LogP contribution in [0.4, 0.5) is 18.9 Å². The molecule has 0 bridgehead atoms. The lowest BCUT2D eigenvalue weighted by atomic mass is 10.2. The SMILES string of the molecule is N#CN=[N+]([O-])c1cccc(C(F)(F)F)c1. The van der Waals surface area contributed by atoms with Gasteiger partial charge in [-0.25, -0.2) is 0 Å². The first-order chi connectivity index (χ1) is 6.95. The van der Waals surface area contributed by atoms with E-state index < -0.39 is 11.7 Å². The fourth-order valence-electron chi connectivity index (χ4n) is 0.900. The standard InChI is InChI=1S/C8H4F3N3O/c9-8(10,11)6-2-1-3-7(4-6)14(15)13-5-12/h1-4H. The van der Waals surface area contributed by atoms with Crippen molar-refractivity contribution in [2.24, 2.45) is 5.11 Å². The van der Waals surface area contributed by atoms with Gasteiger partial charge in [-0.1, -0.05) is 6.07 Å². The predicted octanol–water partition coefficient (Wildman–Crippen LogP) is 2.78. The molecule has 7 heteroatoms. The van der Waals surface area contributed by atoms with Gasteiger partial charge in [0, 0.05) is 12.1 Å². The zero-order chi connectivity index (χ0) is 11.5. The van der Waals surface area contributed by atoms with E-state index in [1.807, 2.05) is 0 Å². The molecule has 0 spiro atoms. The first-order valence-corrected chi connectivity index (χ1v) is 3.69. The molecule has 0 N–H and O–H groups in total. The number of rotatable bonds is 1. The van der Waals surface area contributed by atoms with Crippen molar-refractivity contribution in [2.75, 3.05) is 0 Å². The van der Waals surface area contributed by atoms with Gasteiger partial charge in [-0.3, -0.25) is 0 Å². The Morgan fingerprint density at radius 1 is 1.40 bits per heavy atom. The van der Waals surface area contributed by atoms with Crippen molar-refractivity contribution in [3.05, 3.63) is 35.0 Å². The summed E-state index contributed by atoms with van der Waals surface area (Å²) in [5.74, 6) is 0. The lowest BCUT2D eigenvalue weighted by Gasteiger charge is -2.06. The molecule has 0 radical (unpaired) electrons. The number of nitriles is 1. The zero-order valence-corrected chi connectivity index (χ0v) is 7.19. The van der Waals surface area contributed by atoms with E-state index in [0.29, 0.717) is 6.07 Å². The molecule has 0 aliphatic rings. The van der Waals surface area contributed by atoms with Crippen molar-refractivity contribution in [1.29, 1.82) is 5.26 Å². The highest BCUT2D eigenvalue weighted by Crippen LogP contribution is 2.31. The Morgan fingerprint density at radius 2 is 2.07 bits per heavy atom. The Kier molecular flexibility index (Phi) is 2.90. The zero-order valence-electron chi connectivity index (χ0n) is 7.19. The van der Waals surface area contributed by atoms with E-state index in [0.717, 1.165) is 18.2 Å². The van der Waals surface area contributed by atoms with Crippen molar-refractivity contribution in [2.45, 2.75) is 6.18 Å². The minimum Gasteiger partial charge on any atom is -0.593 e. The Morgan fingerprint density at radius 3 is 2.60 bits per heavy atom. The molecule has 0 amide bonds. The van der Waals surface area contributed by atoms with Crippen LogP contribution >= 0.6 is 0 Å². The van der Waals surface area contributed by atoms with E-state index in [1.165, 1.54) is 6.19 Å². The third-order valence-corrected chi connectivity index (χ3v) is 1.53. The number of alkyl halides is 3. The van der Waals surface area contributed by atoms with E-state index in [-0.39, 0.29) is 10.5 Å². The summed E-state index contributed by atoms with van der Waals surface area (Å²) in [6.45, 7) is 0. The lowest BCUT2D eigenvalue weighted by Crippen LogP contribution is -2.05. The van der Waals surface area contributed by atoms with Gasteiger partial charge in [-0.15, -0.1) is 0 Å². The summed E-state index contributed by atoms with van der Waals surface area (Å²) in [6.07, 6.45) is -3.34. The number of azo groups is 1. The summed E-state index contributed by atoms with van der Waals surface area (Å²) in [7, 11) is 0. The summed E-state index contributed by atoms with van der Waals surface area (Å²) >= 11 is 0. The molecule has 78 valence electrons. The smallest absolute Gasteiger partial charge is 0.416 e. The van der Waals surface area contributed by atoms with Crippen molar-refractivity contribution >= 4 is 5.69 Å². The van der Waals surface area contributed by atoms with Gasteiger partial charge in [0.05, 0.1) is 10.7 Å². The van der Waals surface area contributed by atoms with Gasteiger partial charge in [-0.05, 0) is 10.9 Å². The second kappa shape index (κ2) is 3.96. The molecular formula is C8H4F3N3O. The average Bonchev–Trinajstić information content (AvgIpc) is 2.17. The molecule has 15 heavy (non-hydrogen) atoms. The van der Waals surface area contributed by atoms with Crippen molar-refractivity contribution in [3.8, 4) is 6.19 Å². The van der Waals surface area contributed by atoms with Crippen LogP contribution in [-0.4, -0.2) is 4.86 Å². The Balaban J connectivity index is 3.15. The summed E-state index contributed by atoms with van der Waals surface area (Å²) in [4.78, 5) is -0.171. The summed E-state index contributed by atoms with van der Waals surface area (Å²) in [5.41, 5.74) is -1.31. The topological polar surface area (TPSA) is 62.2 Å². The van der Waals surface area contributed by atoms with Crippen LogP contribution in [0.3, 0.4) is 0 Å². The number of nitrogens with zero attached hydrogens (tertiary/aromatic N) is 3. The van der Waals surface area contributed by atoms with Crippen LogP contribution < -0.4 is 0 Å². The van der Waals surface area contributed by atoms with Gasteiger partial charge < -0.3 is 5.21 Å². The summed E-state index contributed by atoms with van der Waals surface area (Å²) in [6, 6.07) is 3.64. The normalized spacial score (nSPS) is 12.3. The van der Waals surface area contributed by atoms with E-state index in [2.05, 4.69) is 5.11 Å². The van der Waals surface area contributed by atoms with Gasteiger partial charge in [0.15, 0.2) is 0 Å². The van der Waals surface area contributed by atoms with Crippen LogP contribution in [-0.2, 0) is 6.18 Å². The highest BCUT2D eigenvalue weighted by Gasteiger charge is 2.31. The van der Waals surface area contributed by atoms with Gasteiger partial charge in [0.25, 0.3) is 6.19 Å². The predicted molar refractivity (Wildman–Crippen MR) is 42.8 cm³/mol. The molecular weight excluding hydrogens is 211 g/mol. The molecule has 1 aromatic carbocycles. The van der Waals surface area contributed by atoms with Crippen LogP contribution in [0.15, 0.2) is 29.4 Å². The fourth-order valence-corrected chi connectivity index (χ4v) is 0.900. The Labute approximate surface area is 82.5 Å². The molecule has 0 aromatic heterocycles. The van der Waals surface area contributed by atoms with E-state index >= 15 is 0 Å². The summed E-state index contributed by atoms with van der Waals surface area (Å²) in [5, 5.41) is 21.7. The molecule has 0 heterocycles. The first-order valence-electron chi connectivity index (χ1n) is 3.69. The third-order valence-electron chi connectivity index (χ3n) is 1.53. The number of hydrogen-bond acceptors (Lipinski definition) is 3. The Hall–Kier alpha value is -2.10. The van der Waals surface area contributed by atoms with Crippen molar-refractivity contribution in [3.63, 3.8) is 0 Å². The minimum atomic E-state index is -4.52. The molecule has 0 saturated carbocycles. The number of benzene rings is 1. The van der Waals surface area contributed by atoms with Gasteiger partial charge in [0.2, 0.25) is 5.69 Å². The number of halogens is 3. The molecule has 0 fully saturated rings. The molecule has 0 aliphatic heterocycles. The van der Waals surface area contributed by atoms with Gasteiger partial charge >= 0.3 is 6.18 Å². The maximum absolute atomic E-state index is 12.2. The van der Waals surface area contributed by atoms with Crippen molar-refractivity contribution < 1.29 is 18.0 Å². The molecule has 0 aliphatic carbocycles. The molecule has 0 saturated heterocycles. The largest absolute Gasteiger partial charge is 0.593 e. The Bertz CT molecular complexity index is 433. The minimum absolute atomic E-state index is 0.171. The maximum atomic E-state index is 12.2. The molecule has 0 atom stereocenters. The van der Waals surface area contributed by atoms with E-state index in [9.17, 15) is 18.4 Å². The molecule has 1 rings (SSSR count). The van der Waals surface area contributed by atoms with Gasteiger partial charge in [-0.2, -0.15) is 18.4 Å². The van der Waals surface area contributed by atoms with Crippen LogP contribution in [0, 0.1) is 16.7 Å². The molecule has 0 unspecified atom stereocenters. The van der Waals surface area contributed by atoms with Crippen LogP contribution in [0.25, 0.3) is 0 Å². The van der Waals surface area contributed by atoms with Crippen molar-refractivity contribution in [1.82, 2.24) is 0 Å². The molecule has 4 nitrogen and oxygen atoms in total. The molecule has 1 aromatic rings. The third kappa shape index (κ3) is 2.67. The van der Waals surface area contributed by atoms with Gasteiger partial charge in [0.1, 0.15) is 0 Å². The first kappa shape index (κ1) is 11.0. The second-order valence-electron chi connectivity index (χ2n) is 2.52.